The minimum atomic E-state index is -0.582. The third-order valence-corrected chi connectivity index (χ3v) is 5.40. The zero-order valence-electron chi connectivity index (χ0n) is 14.4. The largest absolute Gasteiger partial charge is 0.293 e. The molecule has 5 heteroatoms. The fourth-order valence-electron chi connectivity index (χ4n) is 3.38. The van der Waals surface area contributed by atoms with Crippen LogP contribution in [0.1, 0.15) is 41.6 Å². The monoisotopic (exact) mass is 366 g/mol. The summed E-state index contributed by atoms with van der Waals surface area (Å²) >= 11 is 6.26. The molecule has 1 aliphatic heterocycles. The fourth-order valence-corrected chi connectivity index (χ4v) is 3.60. The maximum atomic E-state index is 13.2. The molecule has 1 saturated carbocycles. The number of amides is 2. The van der Waals surface area contributed by atoms with E-state index in [0.29, 0.717) is 27.8 Å². The van der Waals surface area contributed by atoms with Crippen molar-refractivity contribution in [2.45, 2.75) is 31.7 Å². The van der Waals surface area contributed by atoms with Gasteiger partial charge in [0.05, 0.1) is 16.6 Å². The fraction of sp³-hybridized carbons (Fsp3) is 0.286. The Kier molecular flexibility index (Phi) is 4.37. The zero-order valence-corrected chi connectivity index (χ0v) is 15.2. The minimum Gasteiger partial charge on any atom is -0.293 e. The number of carbonyl (C=O) groups excluding carboxylic acids is 2. The summed E-state index contributed by atoms with van der Waals surface area (Å²) in [7, 11) is 0. The molecule has 0 spiro atoms. The highest BCUT2D eigenvalue weighted by molar-refractivity contribution is 6.37. The lowest BCUT2D eigenvalue weighted by molar-refractivity contribution is -0.118. The molecule has 2 atom stereocenters. The molecule has 0 N–H and O–H groups in total. The van der Waals surface area contributed by atoms with Gasteiger partial charge in [0.25, 0.3) is 5.91 Å². The Morgan fingerprint density at radius 2 is 1.81 bits per heavy atom. The average molecular weight is 367 g/mol. The van der Waals surface area contributed by atoms with E-state index in [1.807, 2.05) is 12.1 Å². The van der Waals surface area contributed by atoms with E-state index in [1.54, 1.807) is 42.6 Å². The summed E-state index contributed by atoms with van der Waals surface area (Å²) in [6.07, 6.45) is 4.09. The van der Waals surface area contributed by atoms with E-state index in [9.17, 15) is 9.59 Å². The van der Waals surface area contributed by atoms with Gasteiger partial charge in [-0.15, -0.1) is 0 Å². The van der Waals surface area contributed by atoms with Gasteiger partial charge in [-0.25, -0.2) is 4.90 Å². The van der Waals surface area contributed by atoms with Crippen molar-refractivity contribution in [3.05, 3.63) is 64.7 Å². The normalized spacial score (nSPS) is 21.2. The van der Waals surface area contributed by atoms with Gasteiger partial charge in [0.15, 0.2) is 0 Å². The second kappa shape index (κ2) is 6.69. The maximum absolute atomic E-state index is 13.2. The average Bonchev–Trinajstić information content (AvgIpc) is 3.48. The molecule has 2 aromatic carbocycles. The molecule has 4 nitrogen and oxygen atoms in total. The predicted molar refractivity (Wildman–Crippen MR) is 103 cm³/mol. The Morgan fingerprint density at radius 1 is 1.12 bits per heavy atom. The summed E-state index contributed by atoms with van der Waals surface area (Å²) in [5.41, 5.74) is 1.63. The van der Waals surface area contributed by atoms with Gasteiger partial charge in [-0.2, -0.15) is 0 Å². The number of para-hydroxylation sites is 1. The molecule has 0 radical (unpaired) electrons. The molecule has 2 aromatic rings. The summed E-state index contributed by atoms with van der Waals surface area (Å²) in [6, 6.07) is 14.3. The number of halogens is 1. The Morgan fingerprint density at radius 3 is 2.54 bits per heavy atom. The van der Waals surface area contributed by atoms with Crippen LogP contribution in [0.25, 0.3) is 0 Å². The molecule has 26 heavy (non-hydrogen) atoms. The highest BCUT2D eigenvalue weighted by Gasteiger charge is 2.39. The van der Waals surface area contributed by atoms with Gasteiger partial charge in [0, 0.05) is 17.8 Å². The topological polar surface area (TPSA) is 49.7 Å². The Bertz CT molecular complexity index is 904. The van der Waals surface area contributed by atoms with Gasteiger partial charge in [-0.1, -0.05) is 41.9 Å². The van der Waals surface area contributed by atoms with E-state index in [4.69, 9.17) is 11.6 Å². The number of nitrogens with zero attached hydrogens (tertiary/aromatic N) is 2. The van der Waals surface area contributed by atoms with Gasteiger partial charge in [-0.3, -0.25) is 14.6 Å². The van der Waals surface area contributed by atoms with Gasteiger partial charge in [-0.05, 0) is 49.4 Å². The third-order valence-electron chi connectivity index (χ3n) is 5.08. The highest BCUT2D eigenvalue weighted by atomic mass is 35.5. The number of anilines is 1. The third kappa shape index (κ3) is 2.95. The molecule has 132 valence electrons. The van der Waals surface area contributed by atoms with E-state index in [2.05, 4.69) is 11.9 Å². The van der Waals surface area contributed by atoms with Gasteiger partial charge in [0.2, 0.25) is 5.91 Å². The van der Waals surface area contributed by atoms with E-state index >= 15 is 0 Å². The molecule has 0 bridgehead atoms. The van der Waals surface area contributed by atoms with Crippen molar-refractivity contribution >= 4 is 35.3 Å². The van der Waals surface area contributed by atoms with Crippen LogP contribution in [0.3, 0.4) is 0 Å². The van der Waals surface area contributed by atoms with Crippen LogP contribution in [0.5, 0.6) is 0 Å². The van der Waals surface area contributed by atoms with Gasteiger partial charge in [0.1, 0.15) is 0 Å². The molecule has 0 aromatic heterocycles. The van der Waals surface area contributed by atoms with E-state index in [1.165, 1.54) is 17.7 Å². The first-order valence-corrected chi connectivity index (χ1v) is 9.20. The smallest absolute Gasteiger partial charge is 0.265 e. The lowest BCUT2D eigenvalue weighted by Gasteiger charge is -2.31. The van der Waals surface area contributed by atoms with Crippen LogP contribution < -0.4 is 4.90 Å². The van der Waals surface area contributed by atoms with E-state index < -0.39 is 5.92 Å². The van der Waals surface area contributed by atoms with Crippen molar-refractivity contribution in [2.24, 2.45) is 10.9 Å². The number of aliphatic imine (C=N–C) groups is 1. The van der Waals surface area contributed by atoms with Crippen LogP contribution in [0.15, 0.2) is 53.5 Å². The lowest BCUT2D eigenvalue weighted by atomic mass is 9.88. The van der Waals surface area contributed by atoms with Crippen LogP contribution >= 0.6 is 11.6 Å². The van der Waals surface area contributed by atoms with Crippen molar-refractivity contribution in [3.8, 4) is 0 Å². The number of hydrogen-bond acceptors (Lipinski definition) is 3. The van der Waals surface area contributed by atoms with E-state index in [-0.39, 0.29) is 17.9 Å². The SMILES string of the molecule is C[C@H](N=CC1C(=O)N(c2ccccc2Cl)C(=O)c2ccccc21)C1CC1. The molecular formula is C21H19ClN2O2. The van der Waals surface area contributed by atoms with Gasteiger partial charge < -0.3 is 0 Å². The number of rotatable bonds is 4. The lowest BCUT2D eigenvalue weighted by Crippen LogP contribution is -2.45. The first-order valence-electron chi connectivity index (χ1n) is 8.83. The first-order chi connectivity index (χ1) is 12.6. The molecule has 1 aliphatic carbocycles. The second-order valence-electron chi connectivity index (χ2n) is 6.87. The van der Waals surface area contributed by atoms with Crippen molar-refractivity contribution in [1.29, 1.82) is 0 Å². The Hall–Kier alpha value is -2.46. The molecule has 1 fully saturated rings. The summed E-state index contributed by atoms with van der Waals surface area (Å²) in [5.74, 6) is -0.630. The van der Waals surface area contributed by atoms with Crippen LogP contribution in [0, 0.1) is 5.92 Å². The molecule has 4 rings (SSSR count). The minimum absolute atomic E-state index is 0.196. The van der Waals surface area contributed by atoms with Crippen molar-refractivity contribution in [2.75, 3.05) is 4.90 Å². The van der Waals surface area contributed by atoms with E-state index in [0.717, 1.165) is 0 Å². The van der Waals surface area contributed by atoms with Crippen LogP contribution in [0.2, 0.25) is 5.02 Å². The quantitative estimate of drug-likeness (QED) is 0.591. The van der Waals surface area contributed by atoms with Crippen LogP contribution in [0.4, 0.5) is 5.69 Å². The molecule has 1 heterocycles. The summed E-state index contributed by atoms with van der Waals surface area (Å²) in [6.45, 7) is 2.07. The van der Waals surface area contributed by atoms with Crippen LogP contribution in [-0.2, 0) is 4.79 Å². The standard InChI is InChI=1S/C21H19ClN2O2/c1-13(14-10-11-14)23-12-17-15-6-2-3-7-16(15)20(25)24(21(17)26)19-9-5-4-8-18(19)22/h2-9,12-14,17H,10-11H2,1H3/t13-,17?/m0/s1. The summed E-state index contributed by atoms with van der Waals surface area (Å²) in [5, 5.41) is 0.371. The predicted octanol–water partition coefficient (Wildman–Crippen LogP) is 4.48. The van der Waals surface area contributed by atoms with Crippen LogP contribution in [-0.4, -0.2) is 24.1 Å². The zero-order chi connectivity index (χ0) is 18.3. The van der Waals surface area contributed by atoms with Crippen molar-refractivity contribution in [3.63, 3.8) is 0 Å². The van der Waals surface area contributed by atoms with Crippen molar-refractivity contribution in [1.82, 2.24) is 0 Å². The Balaban J connectivity index is 1.78. The Labute approximate surface area is 157 Å². The first kappa shape index (κ1) is 17.0. The molecule has 2 amide bonds. The summed E-state index contributed by atoms with van der Waals surface area (Å²) in [4.78, 5) is 32.0. The summed E-state index contributed by atoms with van der Waals surface area (Å²) < 4.78 is 0. The molecule has 1 unspecified atom stereocenters. The molecule has 0 saturated heterocycles. The number of hydrogen-bond donors (Lipinski definition) is 0. The highest BCUT2D eigenvalue weighted by Crippen LogP contribution is 2.36. The number of imide groups is 1. The molecule has 2 aliphatic rings. The number of carbonyl (C=O) groups is 2. The second-order valence-corrected chi connectivity index (χ2v) is 7.28. The number of fused-ring (bicyclic) bond motifs is 1. The number of benzene rings is 2. The van der Waals surface area contributed by atoms with Gasteiger partial charge >= 0.3 is 0 Å². The van der Waals surface area contributed by atoms with Crippen molar-refractivity contribution < 1.29 is 9.59 Å². The maximum Gasteiger partial charge on any atom is 0.265 e. The molecular weight excluding hydrogens is 348 g/mol.